The zero-order valence-corrected chi connectivity index (χ0v) is 7.86. The minimum absolute atomic E-state index is 0.361. The van der Waals surface area contributed by atoms with Gasteiger partial charge in [0.05, 0.1) is 11.8 Å². The molecule has 0 aliphatic rings. The van der Waals surface area contributed by atoms with E-state index in [2.05, 4.69) is 19.1 Å². The average Bonchev–Trinajstić information content (AvgIpc) is 2.11. The van der Waals surface area contributed by atoms with Crippen LogP contribution in [0.5, 0.6) is 0 Å². The molecule has 1 atom stereocenters. The van der Waals surface area contributed by atoms with Crippen LogP contribution in [0.3, 0.4) is 0 Å². The number of rotatable bonds is 7. The summed E-state index contributed by atoms with van der Waals surface area (Å²) in [4.78, 5) is 9.86. The molecule has 0 aromatic rings. The Bertz CT molecular complexity index is 120. The lowest BCUT2D eigenvalue weighted by Crippen LogP contribution is -2.20. The van der Waals surface area contributed by atoms with E-state index in [1.54, 1.807) is 0 Å². The van der Waals surface area contributed by atoms with Gasteiger partial charge in [-0.3, -0.25) is 5.21 Å². The molecule has 0 spiro atoms. The third-order valence-corrected chi connectivity index (χ3v) is 2.06. The van der Waals surface area contributed by atoms with Crippen molar-refractivity contribution in [3.8, 4) is 0 Å². The highest BCUT2D eigenvalue weighted by Gasteiger charge is 2.09. The predicted molar refractivity (Wildman–Crippen MR) is 47.6 cm³/mol. The molecule has 12 heavy (non-hydrogen) atoms. The maximum absolute atomic E-state index is 9.86. The normalized spacial score (nSPS) is 12.6. The first-order chi connectivity index (χ1) is 5.74. The Hall–Kier alpha value is -0.640. The molecule has 0 radical (unpaired) electrons. The molecule has 0 bridgehead atoms. The molecule has 0 aromatic carbocycles. The van der Waals surface area contributed by atoms with E-state index in [-0.39, 0.29) is 0 Å². The van der Waals surface area contributed by atoms with E-state index in [1.165, 1.54) is 0 Å². The number of hydrogen-bond acceptors (Lipinski definition) is 3. The highest BCUT2D eigenvalue weighted by molar-refractivity contribution is 4.58. The molecule has 0 aliphatic carbocycles. The van der Waals surface area contributed by atoms with Crippen molar-refractivity contribution in [1.29, 1.82) is 0 Å². The number of hydroxylamine groups is 1. The highest BCUT2D eigenvalue weighted by atomic mass is 16.6. The lowest BCUT2D eigenvalue weighted by molar-refractivity contribution is -0.103. The third kappa shape index (κ3) is 5.07. The Labute approximate surface area is 73.5 Å². The summed E-state index contributed by atoms with van der Waals surface area (Å²) in [5.41, 5.74) is 0. The fraction of sp³-hybridized carbons (Fsp3) is 1.00. The second-order valence-corrected chi connectivity index (χ2v) is 3.05. The van der Waals surface area contributed by atoms with Crippen LogP contribution in [0.1, 0.15) is 39.5 Å². The van der Waals surface area contributed by atoms with Crippen LogP contribution < -0.4 is 0 Å². The Morgan fingerprint density at radius 3 is 2.58 bits per heavy atom. The number of hydrogen-bond donors (Lipinski definition) is 1. The van der Waals surface area contributed by atoms with Gasteiger partial charge < -0.3 is 0 Å². The monoisotopic (exact) mass is 174 g/mol. The Kier molecular flexibility index (Phi) is 6.66. The lowest BCUT2D eigenvalue weighted by Gasteiger charge is -2.16. The van der Waals surface area contributed by atoms with Gasteiger partial charge >= 0.3 is 0 Å². The standard InChI is InChI=1S/C8H18N2O2/c1-3-5-6-8(4-2)7-10(12)9-11/h8,12H,3-7H2,1-2H3. The molecule has 0 fully saturated rings. The van der Waals surface area contributed by atoms with Gasteiger partial charge in [-0.2, -0.15) is 0 Å². The molecule has 72 valence electrons. The van der Waals surface area contributed by atoms with Crippen LogP contribution in [0, 0.1) is 10.8 Å². The summed E-state index contributed by atoms with van der Waals surface area (Å²) >= 11 is 0. The third-order valence-electron chi connectivity index (χ3n) is 2.06. The molecular formula is C8H18N2O2. The zero-order chi connectivity index (χ0) is 9.40. The van der Waals surface area contributed by atoms with Gasteiger partial charge in [0.2, 0.25) is 0 Å². The Morgan fingerprint density at radius 2 is 2.17 bits per heavy atom. The first kappa shape index (κ1) is 11.4. The molecular weight excluding hydrogens is 156 g/mol. The van der Waals surface area contributed by atoms with Crippen molar-refractivity contribution in [1.82, 2.24) is 5.17 Å². The predicted octanol–water partition coefficient (Wildman–Crippen LogP) is 2.58. The summed E-state index contributed by atoms with van der Waals surface area (Å²) in [5, 5.41) is 11.7. The average molecular weight is 174 g/mol. The van der Waals surface area contributed by atoms with Gasteiger partial charge in [0.25, 0.3) is 0 Å². The smallest absolute Gasteiger partial charge is 0.0787 e. The summed E-state index contributed by atoms with van der Waals surface area (Å²) in [6.45, 7) is 4.54. The van der Waals surface area contributed by atoms with Crippen molar-refractivity contribution in [2.45, 2.75) is 39.5 Å². The maximum Gasteiger partial charge on any atom is 0.0787 e. The van der Waals surface area contributed by atoms with E-state index in [1.807, 2.05) is 0 Å². The number of nitroso groups, excluding NO2 is 1. The van der Waals surface area contributed by atoms with E-state index < -0.39 is 0 Å². The molecule has 0 aliphatic heterocycles. The number of nitrogens with zero attached hydrogens (tertiary/aromatic N) is 2. The molecule has 4 heteroatoms. The van der Waals surface area contributed by atoms with Crippen molar-refractivity contribution in [3.05, 3.63) is 4.91 Å². The van der Waals surface area contributed by atoms with Crippen molar-refractivity contribution in [3.63, 3.8) is 0 Å². The second kappa shape index (κ2) is 7.03. The van der Waals surface area contributed by atoms with Crippen LogP contribution in [-0.4, -0.2) is 16.9 Å². The molecule has 1 unspecified atom stereocenters. The molecule has 0 saturated heterocycles. The van der Waals surface area contributed by atoms with Crippen molar-refractivity contribution < 1.29 is 5.21 Å². The summed E-state index contributed by atoms with van der Waals surface area (Å²) in [5.74, 6) is 0.382. The fourth-order valence-electron chi connectivity index (χ4n) is 1.18. The summed E-state index contributed by atoms with van der Waals surface area (Å²) < 4.78 is 0. The first-order valence-corrected chi connectivity index (χ1v) is 4.54. The topological polar surface area (TPSA) is 52.9 Å². The van der Waals surface area contributed by atoms with Gasteiger partial charge in [0, 0.05) is 0 Å². The van der Waals surface area contributed by atoms with Crippen molar-refractivity contribution in [2.24, 2.45) is 11.2 Å². The maximum atomic E-state index is 9.86. The first-order valence-electron chi connectivity index (χ1n) is 4.54. The summed E-state index contributed by atoms with van der Waals surface area (Å²) in [6.07, 6.45) is 4.33. The second-order valence-electron chi connectivity index (χ2n) is 3.05. The molecule has 0 rings (SSSR count). The van der Waals surface area contributed by atoms with Gasteiger partial charge in [-0.05, 0) is 12.3 Å². The van der Waals surface area contributed by atoms with E-state index in [0.29, 0.717) is 17.6 Å². The zero-order valence-electron chi connectivity index (χ0n) is 7.86. The van der Waals surface area contributed by atoms with Gasteiger partial charge in [-0.15, -0.1) is 10.1 Å². The van der Waals surface area contributed by atoms with Crippen LogP contribution in [0.25, 0.3) is 0 Å². The van der Waals surface area contributed by atoms with Gasteiger partial charge in [-0.1, -0.05) is 33.1 Å². The van der Waals surface area contributed by atoms with E-state index >= 15 is 0 Å². The molecule has 0 saturated carbocycles. The molecule has 1 N–H and O–H groups in total. The van der Waals surface area contributed by atoms with Gasteiger partial charge in [-0.25, -0.2) is 0 Å². The van der Waals surface area contributed by atoms with E-state index in [9.17, 15) is 4.91 Å². The van der Waals surface area contributed by atoms with Crippen LogP contribution in [-0.2, 0) is 0 Å². The SMILES string of the molecule is CCCCC(CC)CN(O)N=O. The van der Waals surface area contributed by atoms with Crippen molar-refractivity contribution in [2.75, 3.05) is 6.54 Å². The Balaban J connectivity index is 3.58. The van der Waals surface area contributed by atoms with Gasteiger partial charge in [0.1, 0.15) is 0 Å². The highest BCUT2D eigenvalue weighted by Crippen LogP contribution is 2.13. The largest absolute Gasteiger partial charge is 0.269 e. The summed E-state index contributed by atoms with van der Waals surface area (Å²) in [6, 6.07) is 0. The molecule has 0 aromatic heterocycles. The Morgan fingerprint density at radius 1 is 1.50 bits per heavy atom. The molecule has 0 amide bonds. The number of unbranched alkanes of at least 4 members (excludes halogenated alkanes) is 1. The van der Waals surface area contributed by atoms with Crippen molar-refractivity contribution >= 4 is 0 Å². The quantitative estimate of drug-likeness (QED) is 0.476. The van der Waals surface area contributed by atoms with Crippen LogP contribution >= 0.6 is 0 Å². The van der Waals surface area contributed by atoms with E-state index in [0.717, 1.165) is 25.7 Å². The van der Waals surface area contributed by atoms with Crippen LogP contribution in [0.2, 0.25) is 0 Å². The lowest BCUT2D eigenvalue weighted by atomic mass is 10.00. The summed E-state index contributed by atoms with van der Waals surface area (Å²) in [7, 11) is 0. The minimum atomic E-state index is 0.361. The minimum Gasteiger partial charge on any atom is -0.269 e. The van der Waals surface area contributed by atoms with E-state index in [4.69, 9.17) is 5.21 Å². The van der Waals surface area contributed by atoms with Crippen LogP contribution in [0.15, 0.2) is 5.29 Å². The fourth-order valence-corrected chi connectivity index (χ4v) is 1.18. The molecule has 4 nitrogen and oxygen atoms in total. The van der Waals surface area contributed by atoms with Crippen LogP contribution in [0.4, 0.5) is 0 Å². The van der Waals surface area contributed by atoms with Gasteiger partial charge in [0.15, 0.2) is 0 Å². The molecule has 0 heterocycles.